The van der Waals surface area contributed by atoms with E-state index >= 15 is 0 Å². The zero-order valence-corrected chi connectivity index (χ0v) is 21.2. The predicted octanol–water partition coefficient (Wildman–Crippen LogP) is 3.55. The smallest absolute Gasteiger partial charge is 0.295 e. The molecule has 2 aliphatic heterocycles. The molecule has 8 heteroatoms. The Hall–Kier alpha value is -3.36. The van der Waals surface area contributed by atoms with Crippen LogP contribution >= 0.6 is 0 Å². The Bertz CT molecular complexity index is 1120. The summed E-state index contributed by atoms with van der Waals surface area (Å²) in [4.78, 5) is 30.4. The van der Waals surface area contributed by atoms with Gasteiger partial charge in [-0.15, -0.1) is 0 Å². The second-order valence-corrected chi connectivity index (χ2v) is 8.99. The van der Waals surface area contributed by atoms with Gasteiger partial charge in [-0.25, -0.2) is 0 Å². The zero-order valence-electron chi connectivity index (χ0n) is 21.2. The van der Waals surface area contributed by atoms with Crippen molar-refractivity contribution in [1.82, 2.24) is 9.80 Å². The van der Waals surface area contributed by atoms with Gasteiger partial charge in [-0.2, -0.15) is 0 Å². The first-order valence-electron chi connectivity index (χ1n) is 12.4. The minimum atomic E-state index is -0.687. The molecular formula is C28H34N2O6. The number of carbonyl (C=O) groups excluding carboxylic acids is 2. The number of carbonyl (C=O) groups is 2. The third-order valence-electron chi connectivity index (χ3n) is 6.69. The maximum atomic E-state index is 13.3. The number of amides is 1. The number of aryl methyl sites for hydroxylation is 1. The predicted molar refractivity (Wildman–Crippen MR) is 136 cm³/mol. The van der Waals surface area contributed by atoms with Crippen molar-refractivity contribution in [2.45, 2.75) is 26.3 Å². The summed E-state index contributed by atoms with van der Waals surface area (Å²) >= 11 is 0. The number of ether oxygens (including phenoxy) is 3. The topological polar surface area (TPSA) is 88.5 Å². The van der Waals surface area contributed by atoms with E-state index in [2.05, 4.69) is 4.90 Å². The van der Waals surface area contributed by atoms with E-state index in [0.717, 1.165) is 30.8 Å². The lowest BCUT2D eigenvalue weighted by atomic mass is 9.94. The molecule has 2 heterocycles. The molecule has 0 aromatic heterocycles. The Labute approximate surface area is 212 Å². The largest absolute Gasteiger partial charge is 0.507 e. The monoisotopic (exact) mass is 494 g/mol. The summed E-state index contributed by atoms with van der Waals surface area (Å²) in [6.45, 7) is 8.65. The first kappa shape index (κ1) is 25.7. The molecule has 0 bridgehead atoms. The van der Waals surface area contributed by atoms with Gasteiger partial charge in [0.15, 0.2) is 0 Å². The number of benzene rings is 2. The van der Waals surface area contributed by atoms with Crippen molar-refractivity contribution >= 4 is 17.4 Å². The van der Waals surface area contributed by atoms with Crippen LogP contribution in [0.4, 0.5) is 0 Å². The molecule has 36 heavy (non-hydrogen) atoms. The summed E-state index contributed by atoms with van der Waals surface area (Å²) < 4.78 is 16.3. The van der Waals surface area contributed by atoms with Crippen LogP contribution in [0.15, 0.2) is 48.0 Å². The number of Topliss-reactive ketones (excluding diaryl/α,β-unsaturated/α-hetero) is 1. The van der Waals surface area contributed by atoms with Crippen LogP contribution in [-0.2, 0) is 14.3 Å². The number of likely N-dealkylation sites (tertiary alicyclic amines) is 1. The zero-order chi connectivity index (χ0) is 25.7. The van der Waals surface area contributed by atoms with Crippen LogP contribution in [0.1, 0.15) is 36.1 Å². The lowest BCUT2D eigenvalue weighted by molar-refractivity contribution is -0.140. The number of nitrogens with zero attached hydrogens (tertiary/aromatic N) is 2. The van der Waals surface area contributed by atoms with Crippen LogP contribution in [0, 0.1) is 6.92 Å². The van der Waals surface area contributed by atoms with Crippen molar-refractivity contribution in [2.75, 3.05) is 53.1 Å². The number of hydrogen-bond acceptors (Lipinski definition) is 7. The standard InChI is InChI=1S/C28H34N2O6/c1-4-36-22-9-6-20(7-10-22)25-24(26(31)21-8-11-23(34-3)19(2)18-21)27(32)28(33)30(25)13-5-12-29-14-16-35-17-15-29/h6-11,18,25,31H,4-5,12-17H2,1-3H3/t25-/m0/s1. The maximum Gasteiger partial charge on any atom is 0.295 e. The third kappa shape index (κ3) is 5.39. The molecule has 2 aromatic rings. The van der Waals surface area contributed by atoms with Gasteiger partial charge in [0.2, 0.25) is 0 Å². The molecule has 2 saturated heterocycles. The quantitative estimate of drug-likeness (QED) is 0.324. The number of methoxy groups -OCH3 is 1. The van der Waals surface area contributed by atoms with E-state index in [9.17, 15) is 14.7 Å². The van der Waals surface area contributed by atoms with E-state index in [0.29, 0.717) is 49.8 Å². The molecule has 192 valence electrons. The minimum absolute atomic E-state index is 0.0973. The Morgan fingerprint density at radius 1 is 1.08 bits per heavy atom. The molecule has 0 spiro atoms. The Morgan fingerprint density at radius 3 is 2.44 bits per heavy atom. The fraction of sp³-hybridized carbons (Fsp3) is 0.429. The summed E-state index contributed by atoms with van der Waals surface area (Å²) in [6, 6.07) is 11.9. The van der Waals surface area contributed by atoms with Crippen LogP contribution in [0.25, 0.3) is 5.76 Å². The Kier molecular flexibility index (Phi) is 8.28. The molecule has 0 saturated carbocycles. The first-order chi connectivity index (χ1) is 17.4. The van der Waals surface area contributed by atoms with Crippen LogP contribution in [0.3, 0.4) is 0 Å². The number of morpholine rings is 1. The lowest BCUT2D eigenvalue weighted by Gasteiger charge is -2.29. The van der Waals surface area contributed by atoms with Gasteiger partial charge in [-0.1, -0.05) is 12.1 Å². The van der Waals surface area contributed by atoms with E-state index in [4.69, 9.17) is 14.2 Å². The number of hydrogen-bond donors (Lipinski definition) is 1. The molecule has 0 aliphatic carbocycles. The van der Waals surface area contributed by atoms with E-state index < -0.39 is 17.7 Å². The number of aliphatic hydroxyl groups is 1. The van der Waals surface area contributed by atoms with Gasteiger partial charge in [0.1, 0.15) is 17.3 Å². The van der Waals surface area contributed by atoms with E-state index in [-0.39, 0.29) is 11.3 Å². The molecule has 2 fully saturated rings. The van der Waals surface area contributed by atoms with Gasteiger partial charge in [0.05, 0.1) is 38.5 Å². The maximum absolute atomic E-state index is 13.3. The van der Waals surface area contributed by atoms with Gasteiger partial charge in [-0.3, -0.25) is 14.5 Å². The summed E-state index contributed by atoms with van der Waals surface area (Å²) in [5.41, 5.74) is 2.13. The van der Waals surface area contributed by atoms with Crippen LogP contribution < -0.4 is 9.47 Å². The van der Waals surface area contributed by atoms with E-state index in [1.165, 1.54) is 0 Å². The number of ketones is 1. The molecule has 1 N–H and O–H groups in total. The SMILES string of the molecule is CCOc1ccc([C@H]2C(=C(O)c3ccc(OC)c(C)c3)C(=O)C(=O)N2CCCN2CCOCC2)cc1. The Balaban J connectivity index is 1.68. The van der Waals surface area contributed by atoms with E-state index in [1.807, 2.05) is 38.1 Å². The molecule has 2 aliphatic rings. The van der Waals surface area contributed by atoms with Gasteiger partial charge in [0, 0.05) is 31.7 Å². The molecule has 0 unspecified atom stereocenters. The van der Waals surface area contributed by atoms with Crippen LogP contribution in [-0.4, -0.2) is 79.7 Å². The van der Waals surface area contributed by atoms with Gasteiger partial charge in [0.25, 0.3) is 11.7 Å². The molecule has 1 amide bonds. The van der Waals surface area contributed by atoms with Crippen molar-refractivity contribution < 1.29 is 28.9 Å². The fourth-order valence-electron chi connectivity index (χ4n) is 4.84. The van der Waals surface area contributed by atoms with Crippen molar-refractivity contribution in [3.63, 3.8) is 0 Å². The van der Waals surface area contributed by atoms with Gasteiger partial charge in [-0.05, 0) is 61.7 Å². The van der Waals surface area contributed by atoms with E-state index in [1.54, 1.807) is 30.2 Å². The molecular weight excluding hydrogens is 460 g/mol. The highest BCUT2D eigenvalue weighted by Crippen LogP contribution is 2.40. The molecule has 4 rings (SSSR count). The first-order valence-corrected chi connectivity index (χ1v) is 12.4. The van der Waals surface area contributed by atoms with Crippen molar-refractivity contribution in [2.24, 2.45) is 0 Å². The van der Waals surface area contributed by atoms with Gasteiger partial charge < -0.3 is 24.2 Å². The normalized spacial score (nSPS) is 20.1. The van der Waals surface area contributed by atoms with Crippen LogP contribution in [0.2, 0.25) is 0 Å². The highest BCUT2D eigenvalue weighted by molar-refractivity contribution is 6.46. The molecule has 1 atom stereocenters. The highest BCUT2D eigenvalue weighted by Gasteiger charge is 2.45. The van der Waals surface area contributed by atoms with Crippen molar-refractivity contribution in [1.29, 1.82) is 0 Å². The van der Waals surface area contributed by atoms with Crippen LogP contribution in [0.5, 0.6) is 11.5 Å². The summed E-state index contributed by atoms with van der Waals surface area (Å²) in [5.74, 6) is -0.0722. The second kappa shape index (κ2) is 11.6. The van der Waals surface area contributed by atoms with Crippen molar-refractivity contribution in [3.05, 3.63) is 64.7 Å². The highest BCUT2D eigenvalue weighted by atomic mass is 16.5. The summed E-state index contributed by atoms with van der Waals surface area (Å²) in [7, 11) is 1.58. The minimum Gasteiger partial charge on any atom is -0.507 e. The average Bonchev–Trinajstić information content (AvgIpc) is 3.14. The lowest BCUT2D eigenvalue weighted by Crippen LogP contribution is -2.38. The third-order valence-corrected chi connectivity index (χ3v) is 6.69. The Morgan fingerprint density at radius 2 is 1.81 bits per heavy atom. The second-order valence-electron chi connectivity index (χ2n) is 8.99. The summed E-state index contributed by atoms with van der Waals surface area (Å²) in [5, 5.41) is 11.3. The van der Waals surface area contributed by atoms with Crippen molar-refractivity contribution in [3.8, 4) is 11.5 Å². The molecule has 2 aromatic carbocycles. The fourth-order valence-corrected chi connectivity index (χ4v) is 4.84. The number of aliphatic hydroxyl groups excluding tert-OH is 1. The molecule has 8 nitrogen and oxygen atoms in total. The van der Waals surface area contributed by atoms with Gasteiger partial charge >= 0.3 is 0 Å². The number of rotatable bonds is 9. The average molecular weight is 495 g/mol. The summed E-state index contributed by atoms with van der Waals surface area (Å²) in [6.07, 6.45) is 0.711. The molecule has 0 radical (unpaired) electrons.